The van der Waals surface area contributed by atoms with Gasteiger partial charge in [-0.2, -0.15) is 0 Å². The van der Waals surface area contributed by atoms with Crippen molar-refractivity contribution in [2.24, 2.45) is 0 Å². The molecular weight excluding hydrogens is 313 g/mol. The second kappa shape index (κ2) is 7.08. The first kappa shape index (κ1) is 17.4. The van der Waals surface area contributed by atoms with E-state index in [4.69, 9.17) is 0 Å². The summed E-state index contributed by atoms with van der Waals surface area (Å²) in [5, 5.41) is 12.1. The number of carbonyl (C=O) groups excluding carboxylic acids is 1. The van der Waals surface area contributed by atoms with Gasteiger partial charge >= 0.3 is 12.4 Å². The summed E-state index contributed by atoms with van der Waals surface area (Å²) in [4.78, 5) is 13.9. The van der Waals surface area contributed by atoms with Gasteiger partial charge in [0.05, 0.1) is 6.10 Å². The van der Waals surface area contributed by atoms with Gasteiger partial charge in [0, 0.05) is 18.3 Å². The maximum atomic E-state index is 12.2. The summed E-state index contributed by atoms with van der Waals surface area (Å²) in [6.07, 6.45) is -3.03. The maximum Gasteiger partial charge on any atom is 0.573 e. The molecule has 8 heteroatoms. The summed E-state index contributed by atoms with van der Waals surface area (Å²) in [5.74, 6) is -0.344. The van der Waals surface area contributed by atoms with Crippen LogP contribution in [0.4, 0.5) is 23.7 Å². The maximum absolute atomic E-state index is 12.2. The molecule has 2 N–H and O–H groups in total. The highest BCUT2D eigenvalue weighted by atomic mass is 19.4. The molecule has 1 aliphatic heterocycles. The number of urea groups is 1. The third kappa shape index (κ3) is 5.31. The Morgan fingerprint density at radius 3 is 2.65 bits per heavy atom. The number of ether oxygens (including phenoxy) is 1. The lowest BCUT2D eigenvalue weighted by atomic mass is 10.1. The van der Waals surface area contributed by atoms with Crippen LogP contribution in [0.3, 0.4) is 0 Å². The van der Waals surface area contributed by atoms with Gasteiger partial charge in [-0.25, -0.2) is 4.79 Å². The Hall–Kier alpha value is -1.96. The van der Waals surface area contributed by atoms with E-state index in [9.17, 15) is 23.1 Å². The van der Waals surface area contributed by atoms with E-state index in [1.165, 1.54) is 12.1 Å². The smallest absolute Gasteiger partial charge is 0.406 e. The highest BCUT2D eigenvalue weighted by Crippen LogP contribution is 2.25. The average molecular weight is 332 g/mol. The molecule has 0 aromatic heterocycles. The fourth-order valence-electron chi connectivity index (χ4n) is 2.68. The van der Waals surface area contributed by atoms with Crippen molar-refractivity contribution >= 4 is 11.7 Å². The number of amides is 2. The molecule has 2 atom stereocenters. The van der Waals surface area contributed by atoms with Crippen molar-refractivity contribution in [3.63, 3.8) is 0 Å². The summed E-state index contributed by atoms with van der Waals surface area (Å²) in [6, 6.07) is 4.62. The van der Waals surface area contributed by atoms with Crippen LogP contribution in [0.2, 0.25) is 0 Å². The Balaban J connectivity index is 1.94. The predicted molar refractivity (Wildman–Crippen MR) is 78.2 cm³/mol. The molecule has 1 aromatic rings. The molecule has 0 spiro atoms. The van der Waals surface area contributed by atoms with Gasteiger partial charge in [0.1, 0.15) is 5.75 Å². The van der Waals surface area contributed by atoms with Gasteiger partial charge in [-0.05, 0) is 50.5 Å². The van der Waals surface area contributed by atoms with Crippen LogP contribution in [0.15, 0.2) is 24.3 Å². The first-order valence-electron chi connectivity index (χ1n) is 7.36. The number of halogens is 3. The summed E-state index contributed by atoms with van der Waals surface area (Å²) >= 11 is 0. The van der Waals surface area contributed by atoms with Crippen LogP contribution < -0.4 is 10.1 Å². The fraction of sp³-hybridized carbons (Fsp3) is 0.533. The van der Waals surface area contributed by atoms with Crippen molar-refractivity contribution in [3.8, 4) is 5.75 Å². The summed E-state index contributed by atoms with van der Waals surface area (Å²) < 4.78 is 40.0. The van der Waals surface area contributed by atoms with Crippen molar-refractivity contribution < 1.29 is 27.8 Å². The Labute approximate surface area is 132 Å². The lowest BCUT2D eigenvalue weighted by Crippen LogP contribution is -2.40. The minimum Gasteiger partial charge on any atom is -0.406 e. The Bertz CT molecular complexity index is 532. The van der Waals surface area contributed by atoms with Crippen molar-refractivity contribution in [3.05, 3.63) is 24.3 Å². The number of nitrogens with zero attached hydrogens (tertiary/aromatic N) is 1. The molecular formula is C15H19F3N2O3. The molecule has 1 heterocycles. The minimum absolute atomic E-state index is 0.0252. The number of nitrogens with one attached hydrogen (secondary N) is 1. The molecule has 1 aromatic carbocycles. The molecule has 1 fully saturated rings. The van der Waals surface area contributed by atoms with Crippen LogP contribution in [-0.4, -0.2) is 41.1 Å². The zero-order chi connectivity index (χ0) is 17.0. The minimum atomic E-state index is -4.74. The van der Waals surface area contributed by atoms with Gasteiger partial charge in [0.25, 0.3) is 0 Å². The van der Waals surface area contributed by atoms with Gasteiger partial charge in [0.2, 0.25) is 0 Å². The second-order valence-corrected chi connectivity index (χ2v) is 5.58. The van der Waals surface area contributed by atoms with E-state index in [0.29, 0.717) is 18.7 Å². The normalized spacial score (nSPS) is 19.5. The Morgan fingerprint density at radius 1 is 1.43 bits per heavy atom. The zero-order valence-electron chi connectivity index (χ0n) is 12.6. The van der Waals surface area contributed by atoms with Crippen LogP contribution in [0.1, 0.15) is 26.2 Å². The molecule has 0 saturated carbocycles. The second-order valence-electron chi connectivity index (χ2n) is 5.58. The standard InChI is InChI=1S/C15H19F3N2O3/c1-10(21)9-12-3-2-8-20(12)14(22)19-11-4-6-13(7-5-11)23-15(16,17)18/h4-7,10,12,21H,2-3,8-9H2,1H3,(H,19,22). The number of rotatable bonds is 4. The number of hydrogen-bond acceptors (Lipinski definition) is 3. The van der Waals surface area contributed by atoms with Gasteiger partial charge < -0.3 is 20.1 Å². The van der Waals surface area contributed by atoms with Crippen molar-refractivity contribution in [2.45, 2.75) is 44.7 Å². The number of carbonyl (C=O) groups is 1. The third-order valence-corrected chi connectivity index (χ3v) is 3.59. The quantitative estimate of drug-likeness (QED) is 0.889. The molecule has 5 nitrogen and oxygen atoms in total. The van der Waals surface area contributed by atoms with Crippen LogP contribution in [-0.2, 0) is 0 Å². The molecule has 2 rings (SSSR count). The SMILES string of the molecule is CC(O)CC1CCCN1C(=O)Nc1ccc(OC(F)(F)F)cc1. The van der Waals surface area contributed by atoms with Crippen LogP contribution in [0, 0.1) is 0 Å². The Kier molecular flexibility index (Phi) is 5.35. The number of likely N-dealkylation sites (tertiary alicyclic amines) is 1. The molecule has 2 unspecified atom stereocenters. The van der Waals surface area contributed by atoms with Gasteiger partial charge in [-0.1, -0.05) is 0 Å². The molecule has 23 heavy (non-hydrogen) atoms. The topological polar surface area (TPSA) is 61.8 Å². The van der Waals surface area contributed by atoms with Crippen LogP contribution >= 0.6 is 0 Å². The van der Waals surface area contributed by atoms with E-state index >= 15 is 0 Å². The van der Waals surface area contributed by atoms with E-state index in [0.717, 1.165) is 25.0 Å². The van der Waals surface area contributed by atoms with Crippen LogP contribution in [0.5, 0.6) is 5.75 Å². The van der Waals surface area contributed by atoms with Gasteiger partial charge in [-0.15, -0.1) is 13.2 Å². The van der Waals surface area contributed by atoms with Crippen molar-refractivity contribution in [1.82, 2.24) is 4.90 Å². The van der Waals surface area contributed by atoms with E-state index in [1.54, 1.807) is 11.8 Å². The lowest BCUT2D eigenvalue weighted by molar-refractivity contribution is -0.274. The van der Waals surface area contributed by atoms with Crippen molar-refractivity contribution in [1.29, 1.82) is 0 Å². The molecule has 1 aliphatic rings. The van der Waals surface area contributed by atoms with Crippen molar-refractivity contribution in [2.75, 3.05) is 11.9 Å². The highest BCUT2D eigenvalue weighted by molar-refractivity contribution is 5.89. The van der Waals surface area contributed by atoms with Gasteiger partial charge in [-0.3, -0.25) is 0 Å². The summed E-state index contributed by atoms with van der Waals surface area (Å²) in [7, 11) is 0. The first-order valence-corrected chi connectivity index (χ1v) is 7.36. The van der Waals surface area contributed by atoms with E-state index < -0.39 is 12.5 Å². The molecule has 0 aliphatic carbocycles. The highest BCUT2D eigenvalue weighted by Gasteiger charge is 2.31. The third-order valence-electron chi connectivity index (χ3n) is 3.59. The number of hydrogen-bond donors (Lipinski definition) is 2. The lowest BCUT2D eigenvalue weighted by Gasteiger charge is -2.26. The van der Waals surface area contributed by atoms with Gasteiger partial charge in [0.15, 0.2) is 0 Å². The number of aliphatic hydroxyl groups is 1. The fourth-order valence-corrected chi connectivity index (χ4v) is 2.68. The predicted octanol–water partition coefficient (Wildman–Crippen LogP) is 3.35. The van der Waals surface area contributed by atoms with E-state index in [2.05, 4.69) is 10.1 Å². The largest absolute Gasteiger partial charge is 0.573 e. The van der Waals surface area contributed by atoms with E-state index in [-0.39, 0.29) is 17.8 Å². The number of alkyl halides is 3. The number of anilines is 1. The number of benzene rings is 1. The monoisotopic (exact) mass is 332 g/mol. The Morgan fingerprint density at radius 2 is 2.09 bits per heavy atom. The molecule has 0 radical (unpaired) electrons. The summed E-state index contributed by atoms with van der Waals surface area (Å²) in [6.45, 7) is 2.27. The average Bonchev–Trinajstić information content (AvgIpc) is 2.86. The van der Waals surface area contributed by atoms with Crippen LogP contribution in [0.25, 0.3) is 0 Å². The molecule has 1 saturated heterocycles. The summed E-state index contributed by atoms with van der Waals surface area (Å²) in [5.41, 5.74) is 0.382. The first-order chi connectivity index (χ1) is 10.7. The molecule has 0 bridgehead atoms. The molecule has 128 valence electrons. The van der Waals surface area contributed by atoms with E-state index in [1.807, 2.05) is 0 Å². The number of aliphatic hydroxyl groups excluding tert-OH is 1. The molecule has 2 amide bonds. The zero-order valence-corrected chi connectivity index (χ0v) is 12.6.